The third kappa shape index (κ3) is 3.83. The van der Waals surface area contributed by atoms with Gasteiger partial charge in [0, 0.05) is 25.0 Å². The van der Waals surface area contributed by atoms with Crippen LogP contribution in [0, 0.1) is 6.92 Å². The molecule has 1 atom stereocenters. The SMILES string of the molecule is Cc1cc2ccccc2nc1N1CCOC(CN(C)CC(=O)O)C1. The molecule has 2 heterocycles. The number of aromatic nitrogens is 1. The number of para-hydroxylation sites is 1. The third-order valence-electron chi connectivity index (χ3n) is 4.25. The van der Waals surface area contributed by atoms with Crippen molar-refractivity contribution in [3.8, 4) is 0 Å². The number of hydrogen-bond acceptors (Lipinski definition) is 5. The maximum Gasteiger partial charge on any atom is 0.317 e. The highest BCUT2D eigenvalue weighted by Crippen LogP contribution is 2.24. The number of carbonyl (C=O) groups is 1. The Labute approximate surface area is 141 Å². The number of benzene rings is 1. The smallest absolute Gasteiger partial charge is 0.317 e. The van der Waals surface area contributed by atoms with Crippen LogP contribution in [0.15, 0.2) is 30.3 Å². The Balaban J connectivity index is 1.74. The molecule has 24 heavy (non-hydrogen) atoms. The summed E-state index contributed by atoms with van der Waals surface area (Å²) in [7, 11) is 1.80. The molecule has 6 heteroatoms. The predicted octanol–water partition coefficient (Wildman–Crippen LogP) is 1.76. The Bertz CT molecular complexity index is 735. The number of aryl methyl sites for hydroxylation is 1. The van der Waals surface area contributed by atoms with Crippen molar-refractivity contribution in [2.45, 2.75) is 13.0 Å². The Morgan fingerprint density at radius 3 is 3.04 bits per heavy atom. The van der Waals surface area contributed by atoms with E-state index in [9.17, 15) is 4.79 Å². The highest BCUT2D eigenvalue weighted by Gasteiger charge is 2.24. The van der Waals surface area contributed by atoms with Crippen molar-refractivity contribution in [2.75, 3.05) is 44.7 Å². The molecule has 0 amide bonds. The van der Waals surface area contributed by atoms with Crippen molar-refractivity contribution in [3.05, 3.63) is 35.9 Å². The number of fused-ring (bicyclic) bond motifs is 1. The summed E-state index contributed by atoms with van der Waals surface area (Å²) < 4.78 is 5.81. The topological polar surface area (TPSA) is 65.9 Å². The van der Waals surface area contributed by atoms with Crippen LogP contribution in [0.5, 0.6) is 0 Å². The van der Waals surface area contributed by atoms with Crippen molar-refractivity contribution in [1.82, 2.24) is 9.88 Å². The number of aliphatic carboxylic acids is 1. The summed E-state index contributed by atoms with van der Waals surface area (Å²) >= 11 is 0. The van der Waals surface area contributed by atoms with Gasteiger partial charge in [0.2, 0.25) is 0 Å². The van der Waals surface area contributed by atoms with Crippen molar-refractivity contribution in [1.29, 1.82) is 0 Å². The lowest BCUT2D eigenvalue weighted by atomic mass is 10.1. The third-order valence-corrected chi connectivity index (χ3v) is 4.25. The zero-order valence-corrected chi connectivity index (χ0v) is 14.1. The molecule has 1 aliphatic rings. The summed E-state index contributed by atoms with van der Waals surface area (Å²) in [6.07, 6.45) is -0.0178. The van der Waals surface area contributed by atoms with Crippen molar-refractivity contribution >= 4 is 22.7 Å². The van der Waals surface area contributed by atoms with Gasteiger partial charge in [0.15, 0.2) is 0 Å². The molecular weight excluding hydrogens is 306 g/mol. The Kier molecular flexibility index (Phi) is 4.97. The molecule has 1 unspecified atom stereocenters. The van der Waals surface area contributed by atoms with Crippen molar-refractivity contribution in [3.63, 3.8) is 0 Å². The molecule has 1 saturated heterocycles. The van der Waals surface area contributed by atoms with Crippen LogP contribution >= 0.6 is 0 Å². The van der Waals surface area contributed by atoms with E-state index < -0.39 is 5.97 Å². The van der Waals surface area contributed by atoms with Crippen LogP contribution in [0.1, 0.15) is 5.56 Å². The van der Waals surface area contributed by atoms with E-state index in [0.29, 0.717) is 13.2 Å². The molecule has 2 aromatic rings. The first-order valence-electron chi connectivity index (χ1n) is 8.16. The molecule has 1 aliphatic heterocycles. The summed E-state index contributed by atoms with van der Waals surface area (Å²) in [6.45, 7) is 4.83. The van der Waals surface area contributed by atoms with E-state index in [4.69, 9.17) is 14.8 Å². The quantitative estimate of drug-likeness (QED) is 0.902. The molecule has 0 radical (unpaired) electrons. The van der Waals surface area contributed by atoms with Gasteiger partial charge in [-0.1, -0.05) is 18.2 Å². The van der Waals surface area contributed by atoms with E-state index in [1.165, 1.54) is 0 Å². The first-order chi connectivity index (χ1) is 11.5. The zero-order valence-electron chi connectivity index (χ0n) is 14.1. The molecule has 1 aromatic carbocycles. The number of morpholine rings is 1. The number of likely N-dealkylation sites (N-methyl/N-ethyl adjacent to an activating group) is 1. The van der Waals surface area contributed by atoms with Gasteiger partial charge in [-0.15, -0.1) is 0 Å². The minimum Gasteiger partial charge on any atom is -0.480 e. The van der Waals surface area contributed by atoms with Crippen LogP contribution in [0.2, 0.25) is 0 Å². The first kappa shape index (κ1) is 16.7. The van der Waals surface area contributed by atoms with Crippen LogP contribution in [0.25, 0.3) is 10.9 Å². The average molecular weight is 329 g/mol. The van der Waals surface area contributed by atoms with Gasteiger partial charge in [-0.2, -0.15) is 0 Å². The van der Waals surface area contributed by atoms with Crippen LogP contribution in [0.3, 0.4) is 0 Å². The monoisotopic (exact) mass is 329 g/mol. The zero-order chi connectivity index (χ0) is 17.1. The molecular formula is C18H23N3O3. The molecule has 3 rings (SSSR count). The number of rotatable bonds is 5. The molecule has 1 N–H and O–H groups in total. The van der Waals surface area contributed by atoms with Crippen LogP contribution in [-0.4, -0.2) is 66.9 Å². The van der Waals surface area contributed by atoms with Gasteiger partial charge in [-0.25, -0.2) is 4.98 Å². The molecule has 0 bridgehead atoms. The minimum atomic E-state index is -0.822. The Morgan fingerprint density at radius 2 is 2.25 bits per heavy atom. The lowest BCUT2D eigenvalue weighted by Crippen LogP contribution is -2.48. The number of pyridine rings is 1. The van der Waals surface area contributed by atoms with Crippen LogP contribution in [-0.2, 0) is 9.53 Å². The first-order valence-corrected chi connectivity index (χ1v) is 8.16. The van der Waals surface area contributed by atoms with Gasteiger partial charge in [0.25, 0.3) is 0 Å². The van der Waals surface area contributed by atoms with Gasteiger partial charge in [-0.05, 0) is 31.7 Å². The van der Waals surface area contributed by atoms with Gasteiger partial charge < -0.3 is 14.7 Å². The highest BCUT2D eigenvalue weighted by atomic mass is 16.5. The minimum absolute atomic E-state index is 0.0178. The summed E-state index contributed by atoms with van der Waals surface area (Å²) in [5, 5.41) is 10.0. The van der Waals surface area contributed by atoms with E-state index in [0.717, 1.165) is 35.4 Å². The summed E-state index contributed by atoms with van der Waals surface area (Å²) in [6, 6.07) is 10.3. The van der Waals surface area contributed by atoms with E-state index >= 15 is 0 Å². The van der Waals surface area contributed by atoms with Gasteiger partial charge >= 0.3 is 5.97 Å². The number of carboxylic acids is 1. The van der Waals surface area contributed by atoms with Gasteiger partial charge in [-0.3, -0.25) is 9.69 Å². The molecule has 128 valence electrons. The summed E-state index contributed by atoms with van der Waals surface area (Å²) in [5.41, 5.74) is 2.14. The second-order valence-electron chi connectivity index (χ2n) is 6.35. The number of carboxylic acid groups (broad SMARTS) is 1. The second-order valence-corrected chi connectivity index (χ2v) is 6.35. The van der Waals surface area contributed by atoms with Crippen molar-refractivity contribution in [2.24, 2.45) is 0 Å². The highest BCUT2D eigenvalue weighted by molar-refractivity contribution is 5.81. The summed E-state index contributed by atoms with van der Waals surface area (Å²) in [5.74, 6) is 0.167. The maximum absolute atomic E-state index is 10.8. The van der Waals surface area contributed by atoms with Gasteiger partial charge in [0.05, 0.1) is 24.8 Å². The lowest BCUT2D eigenvalue weighted by Gasteiger charge is -2.36. The number of hydrogen-bond donors (Lipinski definition) is 1. The van der Waals surface area contributed by atoms with E-state index in [2.05, 4.69) is 24.0 Å². The Hall–Kier alpha value is -2.18. The second kappa shape index (κ2) is 7.15. The van der Waals surface area contributed by atoms with E-state index in [1.807, 2.05) is 18.2 Å². The van der Waals surface area contributed by atoms with E-state index in [1.54, 1.807) is 11.9 Å². The van der Waals surface area contributed by atoms with Gasteiger partial charge in [0.1, 0.15) is 5.82 Å². The predicted molar refractivity (Wildman–Crippen MR) is 93.6 cm³/mol. The normalized spacial score (nSPS) is 18.3. The number of anilines is 1. The summed E-state index contributed by atoms with van der Waals surface area (Å²) in [4.78, 5) is 19.6. The Morgan fingerprint density at radius 1 is 1.46 bits per heavy atom. The number of nitrogens with zero attached hydrogens (tertiary/aromatic N) is 3. The average Bonchev–Trinajstić information content (AvgIpc) is 2.53. The van der Waals surface area contributed by atoms with Crippen molar-refractivity contribution < 1.29 is 14.6 Å². The number of ether oxygens (including phenoxy) is 1. The molecule has 0 aliphatic carbocycles. The fourth-order valence-electron chi connectivity index (χ4n) is 3.20. The fourth-order valence-corrected chi connectivity index (χ4v) is 3.20. The molecule has 1 fully saturated rings. The van der Waals surface area contributed by atoms with Crippen LogP contribution < -0.4 is 4.90 Å². The molecule has 6 nitrogen and oxygen atoms in total. The molecule has 0 saturated carbocycles. The fraction of sp³-hybridized carbons (Fsp3) is 0.444. The standard InChI is InChI=1S/C18H23N3O3/c1-13-9-14-5-3-4-6-16(14)19-18(13)21-7-8-24-15(11-21)10-20(2)12-17(22)23/h3-6,9,15H,7-8,10-12H2,1-2H3,(H,22,23). The molecule has 0 spiro atoms. The lowest BCUT2D eigenvalue weighted by molar-refractivity contribution is -0.138. The molecule has 1 aromatic heterocycles. The maximum atomic E-state index is 10.8. The van der Waals surface area contributed by atoms with E-state index in [-0.39, 0.29) is 12.6 Å². The largest absolute Gasteiger partial charge is 0.480 e. The van der Waals surface area contributed by atoms with Crippen LogP contribution in [0.4, 0.5) is 5.82 Å².